The summed E-state index contributed by atoms with van der Waals surface area (Å²) < 4.78 is 11.1. The minimum atomic E-state index is -0.247. The first kappa shape index (κ1) is 19.8. The van der Waals surface area contributed by atoms with Crippen LogP contribution in [0.1, 0.15) is 39.0 Å². The number of carbonyl (C=O) groups excluding carboxylic acids is 1. The zero-order valence-electron chi connectivity index (χ0n) is 15.8. The van der Waals surface area contributed by atoms with E-state index < -0.39 is 0 Å². The molecule has 0 spiro atoms. The average Bonchev–Trinajstić information content (AvgIpc) is 3.06. The van der Waals surface area contributed by atoms with Crippen LogP contribution in [0.3, 0.4) is 0 Å². The molecule has 2 saturated heterocycles. The molecule has 0 radical (unpaired) electrons. The van der Waals surface area contributed by atoms with E-state index in [4.69, 9.17) is 9.47 Å². The van der Waals surface area contributed by atoms with Crippen LogP contribution in [0.2, 0.25) is 0 Å². The number of rotatable bonds is 7. The highest BCUT2D eigenvalue weighted by Crippen LogP contribution is 2.28. The predicted octanol–water partition coefficient (Wildman–Crippen LogP) is -0.640. The number of urea groups is 1. The van der Waals surface area contributed by atoms with Gasteiger partial charge in [0.05, 0.1) is 18.4 Å². The highest BCUT2D eigenvalue weighted by atomic mass is 16.7. The Bertz CT molecular complexity index is 454. The Kier molecular flexibility index (Phi) is 7.47. The molecule has 2 aliphatic heterocycles. The SMILES string of the molecule is CNCCCNC1CC(C)NC(NC(=O)NC2CCC3OCOC3C2)N1. The monoisotopic (exact) mass is 370 g/mol. The lowest BCUT2D eigenvalue weighted by molar-refractivity contribution is 0.0393. The van der Waals surface area contributed by atoms with E-state index in [1.54, 1.807) is 0 Å². The molecule has 3 rings (SSSR count). The molecule has 1 aliphatic carbocycles. The molecule has 3 aliphatic rings. The van der Waals surface area contributed by atoms with Crippen LogP contribution in [0, 0.1) is 0 Å². The third kappa shape index (κ3) is 5.77. The van der Waals surface area contributed by atoms with Crippen LogP contribution in [0.15, 0.2) is 0 Å². The van der Waals surface area contributed by atoms with Gasteiger partial charge in [-0.25, -0.2) is 4.79 Å². The van der Waals surface area contributed by atoms with E-state index in [1.807, 2.05) is 7.05 Å². The number of hydrogen-bond donors (Lipinski definition) is 6. The first-order valence-electron chi connectivity index (χ1n) is 9.84. The molecular formula is C17H34N6O3. The van der Waals surface area contributed by atoms with Gasteiger partial charge in [0.25, 0.3) is 0 Å². The maximum absolute atomic E-state index is 12.4. The van der Waals surface area contributed by atoms with E-state index >= 15 is 0 Å². The standard InChI is InChI=1S/C17H34N6O3/c1-11-8-15(19-7-3-6-18-2)22-16(20-11)23-17(24)21-12-4-5-13-14(9-12)26-10-25-13/h11-16,18-20,22H,3-10H2,1-2H3,(H2,21,23,24). The van der Waals surface area contributed by atoms with Crippen LogP contribution in [0.4, 0.5) is 4.79 Å². The minimum Gasteiger partial charge on any atom is -0.349 e. The van der Waals surface area contributed by atoms with Gasteiger partial charge >= 0.3 is 6.03 Å². The molecule has 0 bridgehead atoms. The van der Waals surface area contributed by atoms with E-state index in [9.17, 15) is 4.79 Å². The molecule has 3 fully saturated rings. The van der Waals surface area contributed by atoms with Crippen molar-refractivity contribution < 1.29 is 14.3 Å². The van der Waals surface area contributed by atoms with Crippen molar-refractivity contribution in [3.8, 4) is 0 Å². The molecule has 6 unspecified atom stereocenters. The number of ether oxygens (including phenoxy) is 2. The lowest BCUT2D eigenvalue weighted by Gasteiger charge is -2.37. The number of fused-ring (bicyclic) bond motifs is 1. The van der Waals surface area contributed by atoms with Crippen LogP contribution in [0.25, 0.3) is 0 Å². The zero-order chi connectivity index (χ0) is 18.4. The van der Waals surface area contributed by atoms with Crippen molar-refractivity contribution in [2.45, 2.75) is 75.8 Å². The molecule has 150 valence electrons. The largest absolute Gasteiger partial charge is 0.349 e. The number of carbonyl (C=O) groups is 1. The molecular weight excluding hydrogens is 336 g/mol. The molecule has 1 saturated carbocycles. The van der Waals surface area contributed by atoms with Crippen LogP contribution < -0.4 is 31.9 Å². The average molecular weight is 370 g/mol. The summed E-state index contributed by atoms with van der Waals surface area (Å²) in [7, 11) is 1.96. The summed E-state index contributed by atoms with van der Waals surface area (Å²) >= 11 is 0. The molecule has 9 nitrogen and oxygen atoms in total. The van der Waals surface area contributed by atoms with Crippen molar-refractivity contribution in [1.29, 1.82) is 0 Å². The molecule has 0 aromatic rings. The first-order chi connectivity index (χ1) is 12.6. The molecule has 6 atom stereocenters. The summed E-state index contributed by atoms with van der Waals surface area (Å²) in [6.07, 6.45) is 4.99. The lowest BCUT2D eigenvalue weighted by atomic mass is 9.91. The maximum atomic E-state index is 12.4. The molecule has 26 heavy (non-hydrogen) atoms. The molecule has 0 aromatic heterocycles. The third-order valence-corrected chi connectivity index (χ3v) is 5.31. The Hall–Kier alpha value is -0.970. The smallest absolute Gasteiger partial charge is 0.317 e. The summed E-state index contributed by atoms with van der Waals surface area (Å²) in [5.74, 6) is 0. The summed E-state index contributed by atoms with van der Waals surface area (Å²) in [6, 6.07) is 0.303. The second-order valence-electron chi connectivity index (χ2n) is 7.52. The van der Waals surface area contributed by atoms with Crippen molar-refractivity contribution in [3.63, 3.8) is 0 Å². The maximum Gasteiger partial charge on any atom is 0.317 e. The van der Waals surface area contributed by atoms with Gasteiger partial charge in [-0.05, 0) is 59.2 Å². The fraction of sp³-hybridized carbons (Fsp3) is 0.941. The lowest BCUT2D eigenvalue weighted by Crippen LogP contribution is -2.68. The third-order valence-electron chi connectivity index (χ3n) is 5.31. The topological polar surface area (TPSA) is 108 Å². The Labute approximate surface area is 155 Å². The number of nitrogens with one attached hydrogen (secondary N) is 6. The van der Waals surface area contributed by atoms with Gasteiger partial charge in [0, 0.05) is 12.1 Å². The Morgan fingerprint density at radius 2 is 1.92 bits per heavy atom. The quantitative estimate of drug-likeness (QED) is 0.331. The van der Waals surface area contributed by atoms with Gasteiger partial charge in [0.2, 0.25) is 0 Å². The normalized spacial score (nSPS) is 37.2. The summed E-state index contributed by atoms with van der Waals surface area (Å²) in [4.78, 5) is 12.4. The molecule has 2 heterocycles. The highest BCUT2D eigenvalue weighted by Gasteiger charge is 2.36. The van der Waals surface area contributed by atoms with Crippen LogP contribution in [0.5, 0.6) is 0 Å². The van der Waals surface area contributed by atoms with Crippen molar-refractivity contribution >= 4 is 6.03 Å². The summed E-state index contributed by atoms with van der Waals surface area (Å²) in [5, 5.41) is 19.5. The highest BCUT2D eigenvalue weighted by molar-refractivity contribution is 5.74. The fourth-order valence-corrected chi connectivity index (χ4v) is 3.96. The van der Waals surface area contributed by atoms with Crippen molar-refractivity contribution in [2.75, 3.05) is 26.9 Å². The number of amides is 2. The fourth-order valence-electron chi connectivity index (χ4n) is 3.96. The van der Waals surface area contributed by atoms with Crippen molar-refractivity contribution in [3.05, 3.63) is 0 Å². The van der Waals surface area contributed by atoms with Gasteiger partial charge in [-0.15, -0.1) is 0 Å². The zero-order valence-corrected chi connectivity index (χ0v) is 15.8. The summed E-state index contributed by atoms with van der Waals surface area (Å²) in [6.45, 7) is 4.45. The van der Waals surface area contributed by atoms with Gasteiger partial charge in [0.1, 0.15) is 13.1 Å². The van der Waals surface area contributed by atoms with Crippen molar-refractivity contribution in [1.82, 2.24) is 31.9 Å². The van der Waals surface area contributed by atoms with Crippen molar-refractivity contribution in [2.24, 2.45) is 0 Å². The first-order valence-corrected chi connectivity index (χ1v) is 9.84. The van der Waals surface area contributed by atoms with Crippen LogP contribution in [-0.2, 0) is 9.47 Å². The van der Waals surface area contributed by atoms with Crippen LogP contribution >= 0.6 is 0 Å². The Morgan fingerprint density at radius 3 is 2.77 bits per heavy atom. The van der Waals surface area contributed by atoms with E-state index in [0.29, 0.717) is 12.8 Å². The predicted molar refractivity (Wildman–Crippen MR) is 98.4 cm³/mol. The second kappa shape index (κ2) is 9.82. The van der Waals surface area contributed by atoms with Gasteiger partial charge < -0.3 is 30.7 Å². The molecule has 9 heteroatoms. The summed E-state index contributed by atoms with van der Waals surface area (Å²) in [5.41, 5.74) is 0. The minimum absolute atomic E-state index is 0.117. The van der Waals surface area contributed by atoms with E-state index in [1.165, 1.54) is 0 Å². The molecule has 2 amide bonds. The van der Waals surface area contributed by atoms with Gasteiger partial charge in [-0.1, -0.05) is 0 Å². The van der Waals surface area contributed by atoms with E-state index in [2.05, 4.69) is 38.8 Å². The van der Waals surface area contributed by atoms with Gasteiger partial charge in [-0.2, -0.15) is 0 Å². The Morgan fingerprint density at radius 1 is 1.08 bits per heavy atom. The van der Waals surface area contributed by atoms with E-state index in [-0.39, 0.29) is 36.7 Å². The second-order valence-corrected chi connectivity index (χ2v) is 7.52. The van der Waals surface area contributed by atoms with Crippen LogP contribution in [-0.4, -0.2) is 69.7 Å². The molecule has 0 aromatic carbocycles. The van der Waals surface area contributed by atoms with E-state index in [0.717, 1.165) is 45.2 Å². The van der Waals surface area contributed by atoms with Gasteiger partial charge in [-0.3, -0.25) is 10.6 Å². The van der Waals surface area contributed by atoms with Gasteiger partial charge in [0.15, 0.2) is 0 Å². The molecule has 6 N–H and O–H groups in total. The number of hydrogen-bond acceptors (Lipinski definition) is 7. The Balaban J connectivity index is 1.38.